The molecule has 0 aliphatic carbocycles. The minimum Gasteiger partial charge on any atom is -0.461 e. The fourth-order valence-corrected chi connectivity index (χ4v) is 4.77. The van der Waals surface area contributed by atoms with Crippen LogP contribution in [0.3, 0.4) is 0 Å². The van der Waals surface area contributed by atoms with Gasteiger partial charge in [-0.05, 0) is 43.2 Å². The summed E-state index contributed by atoms with van der Waals surface area (Å²) >= 11 is 6.29. The van der Waals surface area contributed by atoms with Gasteiger partial charge in [0, 0.05) is 32.7 Å². The number of aromatic nitrogens is 3. The second-order valence-corrected chi connectivity index (χ2v) is 9.70. The first-order valence-corrected chi connectivity index (χ1v) is 12.8. The summed E-state index contributed by atoms with van der Waals surface area (Å²) in [5.41, 5.74) is 6.63. The number of hydrogen-bond acceptors (Lipinski definition) is 4. The molecule has 0 radical (unpaired) electrons. The maximum Gasteiger partial charge on any atom is 0.164 e. The number of halogens is 1. The van der Waals surface area contributed by atoms with Gasteiger partial charge in [-0.25, -0.2) is 15.0 Å². The fourth-order valence-electron chi connectivity index (χ4n) is 4.66. The Morgan fingerprint density at radius 3 is 1.95 bits per heavy atom. The predicted molar refractivity (Wildman–Crippen MR) is 156 cm³/mol. The molecule has 0 saturated heterocycles. The Kier molecular flexibility index (Phi) is 6.32. The van der Waals surface area contributed by atoms with Crippen molar-refractivity contribution in [2.24, 2.45) is 0 Å². The van der Waals surface area contributed by atoms with Gasteiger partial charge in [0.25, 0.3) is 0 Å². The number of hydrogen-bond donors (Lipinski definition) is 0. The third-order valence-corrected chi connectivity index (χ3v) is 6.53. The van der Waals surface area contributed by atoms with Gasteiger partial charge in [0.1, 0.15) is 11.3 Å². The lowest BCUT2D eigenvalue weighted by atomic mass is 10.0. The summed E-state index contributed by atoms with van der Waals surface area (Å²) in [6, 6.07) is 34.5. The molecule has 6 rings (SSSR count). The Balaban J connectivity index is 1.59. The summed E-state index contributed by atoms with van der Waals surface area (Å²) in [6.07, 6.45) is 1.93. The number of fused-ring (bicyclic) bond motifs is 1. The molecule has 0 atom stereocenters. The van der Waals surface area contributed by atoms with E-state index in [0.717, 1.165) is 50.1 Å². The second-order valence-electron chi connectivity index (χ2n) is 9.10. The van der Waals surface area contributed by atoms with Crippen LogP contribution in [0, 0.1) is 6.92 Å². The Labute approximate surface area is 226 Å². The molecule has 38 heavy (non-hydrogen) atoms. The van der Waals surface area contributed by atoms with Crippen LogP contribution in [0.4, 0.5) is 0 Å². The van der Waals surface area contributed by atoms with Crippen LogP contribution in [-0.4, -0.2) is 15.0 Å². The number of rotatable bonds is 5. The summed E-state index contributed by atoms with van der Waals surface area (Å²) in [5.74, 6) is 2.58. The predicted octanol–water partition coefficient (Wildman–Crippen LogP) is 9.19. The van der Waals surface area contributed by atoms with Crippen molar-refractivity contribution < 1.29 is 4.42 Å². The zero-order valence-electron chi connectivity index (χ0n) is 21.0. The van der Waals surface area contributed by atoms with Gasteiger partial charge in [0.15, 0.2) is 17.5 Å². The average molecular weight is 514 g/mol. The van der Waals surface area contributed by atoms with Crippen LogP contribution in [0.25, 0.3) is 62.3 Å². The lowest BCUT2D eigenvalue weighted by Crippen LogP contribution is -2.00. The molecule has 0 aliphatic rings. The average Bonchev–Trinajstić information content (AvgIpc) is 3.28. The van der Waals surface area contributed by atoms with E-state index in [-0.39, 0.29) is 0 Å². The molecule has 0 amide bonds. The van der Waals surface area contributed by atoms with Gasteiger partial charge in [-0.15, -0.1) is 0 Å². The molecule has 0 unspecified atom stereocenters. The third-order valence-electron chi connectivity index (χ3n) is 6.42. The second kappa shape index (κ2) is 10.1. The summed E-state index contributed by atoms with van der Waals surface area (Å²) in [5, 5.41) is 1.60. The number of aryl methyl sites for hydroxylation is 1. The van der Waals surface area contributed by atoms with E-state index >= 15 is 0 Å². The Bertz CT molecular complexity index is 1790. The van der Waals surface area contributed by atoms with E-state index in [1.54, 1.807) is 0 Å². The van der Waals surface area contributed by atoms with Crippen LogP contribution >= 0.6 is 11.6 Å². The summed E-state index contributed by atoms with van der Waals surface area (Å²) in [7, 11) is 0. The Morgan fingerprint density at radius 2 is 1.24 bits per heavy atom. The highest BCUT2D eigenvalue weighted by molar-refractivity contribution is 6.31. The van der Waals surface area contributed by atoms with E-state index in [0.29, 0.717) is 22.5 Å². The summed E-state index contributed by atoms with van der Waals surface area (Å²) in [6.45, 7) is 3.80. The van der Waals surface area contributed by atoms with Crippen LogP contribution in [0.5, 0.6) is 0 Å². The normalized spacial score (nSPS) is 11.7. The van der Waals surface area contributed by atoms with Crippen molar-refractivity contribution in [3.63, 3.8) is 0 Å². The molecule has 0 spiro atoms. The molecule has 184 valence electrons. The zero-order chi connectivity index (χ0) is 26.1. The van der Waals surface area contributed by atoms with E-state index < -0.39 is 0 Å². The quantitative estimate of drug-likeness (QED) is 0.230. The van der Waals surface area contributed by atoms with Crippen LogP contribution in [-0.2, 0) is 0 Å². The van der Waals surface area contributed by atoms with Crippen molar-refractivity contribution in [2.45, 2.75) is 13.8 Å². The molecule has 2 aromatic heterocycles. The van der Waals surface area contributed by atoms with E-state index in [9.17, 15) is 0 Å². The van der Waals surface area contributed by atoms with Crippen LogP contribution in [0.2, 0.25) is 0 Å². The first-order chi connectivity index (χ1) is 18.6. The molecule has 6 aromatic rings. The van der Waals surface area contributed by atoms with Crippen molar-refractivity contribution in [1.82, 2.24) is 15.0 Å². The van der Waals surface area contributed by atoms with Crippen molar-refractivity contribution in [2.75, 3.05) is 0 Å². The fraction of sp³-hybridized carbons (Fsp3) is 0.0606. The van der Waals surface area contributed by atoms with E-state index in [1.165, 1.54) is 0 Å². The van der Waals surface area contributed by atoms with Crippen molar-refractivity contribution in [1.29, 1.82) is 0 Å². The van der Waals surface area contributed by atoms with Gasteiger partial charge in [0.2, 0.25) is 0 Å². The minimum absolute atomic E-state index is 0.576. The van der Waals surface area contributed by atoms with Crippen LogP contribution in [0.15, 0.2) is 113 Å². The molecule has 0 fully saturated rings. The Morgan fingerprint density at radius 1 is 0.658 bits per heavy atom. The maximum absolute atomic E-state index is 6.29. The highest BCUT2D eigenvalue weighted by atomic mass is 35.5. The molecular weight excluding hydrogens is 490 g/mol. The minimum atomic E-state index is 0.576. The molecule has 4 aromatic carbocycles. The van der Waals surface area contributed by atoms with Crippen LogP contribution in [0.1, 0.15) is 18.2 Å². The first kappa shape index (κ1) is 23.8. The van der Waals surface area contributed by atoms with E-state index in [2.05, 4.69) is 24.3 Å². The lowest BCUT2D eigenvalue weighted by molar-refractivity contribution is 0.577. The number of allylic oxidation sites excluding steroid dienone is 1. The number of furan rings is 1. The zero-order valence-corrected chi connectivity index (χ0v) is 21.8. The van der Waals surface area contributed by atoms with Gasteiger partial charge in [-0.1, -0.05) is 103 Å². The lowest BCUT2D eigenvalue weighted by Gasteiger charge is -2.10. The topological polar surface area (TPSA) is 51.8 Å². The molecule has 0 N–H and O–H groups in total. The van der Waals surface area contributed by atoms with Gasteiger partial charge < -0.3 is 4.42 Å². The van der Waals surface area contributed by atoms with E-state index in [1.807, 2.05) is 98.8 Å². The Hall–Kier alpha value is -4.54. The molecule has 5 heteroatoms. The maximum atomic E-state index is 6.29. The highest BCUT2D eigenvalue weighted by Gasteiger charge is 2.19. The van der Waals surface area contributed by atoms with E-state index in [4.69, 9.17) is 31.0 Å². The summed E-state index contributed by atoms with van der Waals surface area (Å²) < 4.78 is 6.08. The molecule has 0 aliphatic heterocycles. The number of nitrogens with zero attached hydrogens (tertiary/aromatic N) is 3. The largest absolute Gasteiger partial charge is 0.461 e. The van der Waals surface area contributed by atoms with Crippen LogP contribution < -0.4 is 0 Å². The summed E-state index contributed by atoms with van der Waals surface area (Å²) in [4.78, 5) is 14.8. The molecule has 2 heterocycles. The highest BCUT2D eigenvalue weighted by Crippen LogP contribution is 2.36. The smallest absolute Gasteiger partial charge is 0.164 e. The standard InChI is InChI=1S/C33H24ClN3O/c1-21(34)19-28-22(2)38-29-18-10-17-27(30(28)29)33-36-31(24-13-7-4-8-14-24)35-32(37-33)26-16-9-15-25(20-26)23-11-5-3-6-12-23/h3-20H,1-2H3/b21-19+. The molecular formula is C33H24ClN3O. The van der Waals surface area contributed by atoms with Gasteiger partial charge in [0.05, 0.1) is 0 Å². The molecule has 0 bridgehead atoms. The SMILES string of the molecule is C/C(Cl)=C\c1c(C)oc2cccc(-c3nc(-c4ccccc4)nc(-c4cccc(-c5ccccc5)c4)n3)c12. The van der Waals surface area contributed by atoms with Crippen molar-refractivity contribution in [3.8, 4) is 45.3 Å². The number of benzene rings is 4. The van der Waals surface area contributed by atoms with Gasteiger partial charge >= 0.3 is 0 Å². The van der Waals surface area contributed by atoms with Gasteiger partial charge in [-0.3, -0.25) is 0 Å². The molecule has 4 nitrogen and oxygen atoms in total. The van der Waals surface area contributed by atoms with Gasteiger partial charge in [-0.2, -0.15) is 0 Å². The van der Waals surface area contributed by atoms with Crippen molar-refractivity contribution >= 4 is 28.6 Å². The first-order valence-electron chi connectivity index (χ1n) is 12.4. The van der Waals surface area contributed by atoms with Crippen molar-refractivity contribution in [3.05, 3.63) is 119 Å². The third kappa shape index (κ3) is 4.62. The molecule has 0 saturated carbocycles. The monoisotopic (exact) mass is 513 g/mol.